The van der Waals surface area contributed by atoms with E-state index in [9.17, 15) is 4.79 Å². The Hall–Kier alpha value is -1.21. The molecule has 2 aromatic rings. The number of hydrogen-bond donors (Lipinski definition) is 0. The van der Waals surface area contributed by atoms with Crippen molar-refractivity contribution >= 4 is 33.2 Å². The second kappa shape index (κ2) is 5.62. The number of nitrogens with zero attached hydrogens (tertiary/aromatic N) is 3. The van der Waals surface area contributed by atoms with Crippen molar-refractivity contribution in [3.8, 4) is 0 Å². The minimum atomic E-state index is -0.436. The first-order valence-corrected chi connectivity index (χ1v) is 7.04. The first-order chi connectivity index (χ1) is 8.61. The van der Waals surface area contributed by atoms with Crippen LogP contribution in [0.2, 0.25) is 0 Å². The van der Waals surface area contributed by atoms with E-state index in [0.29, 0.717) is 19.0 Å². The van der Waals surface area contributed by atoms with Crippen molar-refractivity contribution in [2.45, 2.75) is 20.4 Å². The molecule has 0 amide bonds. The number of carbonyl (C=O) groups excluding carboxylic acids is 1. The summed E-state index contributed by atoms with van der Waals surface area (Å²) in [6, 6.07) is 3.98. The molecular formula is C11H12BrN3O2S. The van der Waals surface area contributed by atoms with E-state index in [0.717, 1.165) is 8.66 Å². The highest BCUT2D eigenvalue weighted by Crippen LogP contribution is 2.23. The molecule has 0 aliphatic rings. The number of rotatable bonds is 4. The van der Waals surface area contributed by atoms with Gasteiger partial charge in [-0.1, -0.05) is 0 Å². The Balaban J connectivity index is 2.26. The van der Waals surface area contributed by atoms with Gasteiger partial charge < -0.3 is 9.30 Å². The largest absolute Gasteiger partial charge is 0.460 e. The van der Waals surface area contributed by atoms with Crippen molar-refractivity contribution in [3.63, 3.8) is 0 Å². The molecule has 0 fully saturated rings. The third kappa shape index (κ3) is 2.78. The maximum Gasteiger partial charge on any atom is 0.376 e. The maximum absolute atomic E-state index is 11.7. The van der Waals surface area contributed by atoms with Crippen LogP contribution < -0.4 is 0 Å². The monoisotopic (exact) mass is 329 g/mol. The van der Waals surface area contributed by atoms with Crippen molar-refractivity contribution in [1.82, 2.24) is 14.8 Å². The zero-order valence-corrected chi connectivity index (χ0v) is 12.4. The predicted octanol–water partition coefficient (Wildman–Crippen LogP) is 2.64. The summed E-state index contributed by atoms with van der Waals surface area (Å²) in [6.45, 7) is 4.48. The van der Waals surface area contributed by atoms with Gasteiger partial charge >= 0.3 is 5.97 Å². The number of esters is 1. The summed E-state index contributed by atoms with van der Waals surface area (Å²) in [4.78, 5) is 12.8. The van der Waals surface area contributed by atoms with E-state index in [4.69, 9.17) is 4.74 Å². The van der Waals surface area contributed by atoms with Crippen LogP contribution in [0, 0.1) is 6.92 Å². The van der Waals surface area contributed by atoms with E-state index < -0.39 is 5.97 Å². The molecule has 0 unspecified atom stereocenters. The Kier molecular flexibility index (Phi) is 4.13. The fraction of sp³-hybridized carbons (Fsp3) is 0.364. The highest BCUT2D eigenvalue weighted by molar-refractivity contribution is 9.11. The summed E-state index contributed by atoms with van der Waals surface area (Å²) in [5.41, 5.74) is 0. The number of aryl methyl sites for hydroxylation is 1. The Morgan fingerprint density at radius 2 is 2.28 bits per heavy atom. The van der Waals surface area contributed by atoms with Crippen LogP contribution >= 0.6 is 27.3 Å². The molecule has 0 aliphatic carbocycles. The quantitative estimate of drug-likeness (QED) is 0.809. The summed E-state index contributed by atoms with van der Waals surface area (Å²) in [7, 11) is 0. The van der Waals surface area contributed by atoms with Gasteiger partial charge in [0.15, 0.2) is 0 Å². The molecule has 2 rings (SSSR count). The van der Waals surface area contributed by atoms with Crippen LogP contribution in [-0.4, -0.2) is 27.3 Å². The summed E-state index contributed by atoms with van der Waals surface area (Å²) in [5, 5.41) is 7.80. The molecule has 0 spiro atoms. The molecule has 7 heteroatoms. The standard InChI is InChI=1S/C11H12BrN3O2S/c1-3-17-11(16)10-14-13-7(2)15(10)6-8-4-5-9(12)18-8/h4-5H,3,6H2,1-2H3. The molecular weight excluding hydrogens is 318 g/mol. The van der Waals surface area contributed by atoms with Gasteiger partial charge in [-0.25, -0.2) is 4.79 Å². The van der Waals surface area contributed by atoms with Crippen molar-refractivity contribution in [2.24, 2.45) is 0 Å². The van der Waals surface area contributed by atoms with Gasteiger partial charge in [-0.2, -0.15) is 0 Å². The fourth-order valence-electron chi connectivity index (χ4n) is 1.51. The smallest absolute Gasteiger partial charge is 0.376 e. The third-order valence-corrected chi connectivity index (χ3v) is 3.94. The topological polar surface area (TPSA) is 57.0 Å². The van der Waals surface area contributed by atoms with E-state index in [2.05, 4.69) is 26.1 Å². The van der Waals surface area contributed by atoms with Gasteiger partial charge in [0.05, 0.1) is 16.9 Å². The molecule has 0 saturated carbocycles. The van der Waals surface area contributed by atoms with Crippen LogP contribution in [0.25, 0.3) is 0 Å². The van der Waals surface area contributed by atoms with Crippen LogP contribution in [-0.2, 0) is 11.3 Å². The average molecular weight is 330 g/mol. The number of aromatic nitrogens is 3. The Morgan fingerprint density at radius 3 is 2.89 bits per heavy atom. The van der Waals surface area contributed by atoms with Crippen LogP contribution in [0.5, 0.6) is 0 Å². The molecule has 0 bridgehead atoms. The molecule has 5 nitrogen and oxygen atoms in total. The second-order valence-corrected chi connectivity index (χ2v) is 6.13. The molecule has 96 valence electrons. The number of carbonyl (C=O) groups is 1. The van der Waals surface area contributed by atoms with Crippen LogP contribution in [0.4, 0.5) is 0 Å². The summed E-state index contributed by atoms with van der Waals surface area (Å²) in [5.74, 6) is 0.509. The minimum absolute atomic E-state index is 0.249. The lowest BCUT2D eigenvalue weighted by Gasteiger charge is -2.06. The number of hydrogen-bond acceptors (Lipinski definition) is 5. The molecule has 0 aromatic carbocycles. The molecule has 2 heterocycles. The Labute approximate surface area is 117 Å². The number of thiophene rings is 1. The summed E-state index contributed by atoms with van der Waals surface area (Å²) in [6.07, 6.45) is 0. The predicted molar refractivity (Wildman–Crippen MR) is 71.8 cm³/mol. The van der Waals surface area contributed by atoms with Gasteiger partial charge in [-0.3, -0.25) is 0 Å². The summed E-state index contributed by atoms with van der Waals surface area (Å²) >= 11 is 5.03. The highest BCUT2D eigenvalue weighted by Gasteiger charge is 2.18. The van der Waals surface area contributed by atoms with Gasteiger partial charge in [0.2, 0.25) is 5.82 Å². The lowest BCUT2D eigenvalue weighted by atomic mass is 10.4. The van der Waals surface area contributed by atoms with Crippen LogP contribution in [0.1, 0.15) is 28.2 Å². The van der Waals surface area contributed by atoms with Crippen LogP contribution in [0.15, 0.2) is 15.9 Å². The molecule has 0 N–H and O–H groups in total. The summed E-state index contributed by atoms with van der Waals surface area (Å²) < 4.78 is 7.77. The molecule has 0 radical (unpaired) electrons. The SMILES string of the molecule is CCOC(=O)c1nnc(C)n1Cc1ccc(Br)s1. The molecule has 18 heavy (non-hydrogen) atoms. The molecule has 0 aliphatic heterocycles. The van der Waals surface area contributed by atoms with Gasteiger partial charge in [-0.05, 0) is 41.9 Å². The van der Waals surface area contributed by atoms with Gasteiger partial charge in [0, 0.05) is 4.88 Å². The number of ether oxygens (including phenoxy) is 1. The maximum atomic E-state index is 11.7. The van der Waals surface area contributed by atoms with Crippen molar-refractivity contribution in [2.75, 3.05) is 6.61 Å². The normalized spacial score (nSPS) is 10.6. The van der Waals surface area contributed by atoms with E-state index >= 15 is 0 Å². The van der Waals surface area contributed by atoms with E-state index in [1.54, 1.807) is 22.8 Å². The number of halogens is 1. The van der Waals surface area contributed by atoms with Gasteiger partial charge in [0.1, 0.15) is 5.82 Å². The molecule has 0 saturated heterocycles. The first kappa shape index (κ1) is 13.2. The van der Waals surface area contributed by atoms with Gasteiger partial charge in [0.25, 0.3) is 0 Å². The van der Waals surface area contributed by atoms with Crippen molar-refractivity contribution < 1.29 is 9.53 Å². The molecule has 2 aromatic heterocycles. The van der Waals surface area contributed by atoms with Crippen LogP contribution in [0.3, 0.4) is 0 Å². The first-order valence-electron chi connectivity index (χ1n) is 5.43. The van der Waals surface area contributed by atoms with Crippen molar-refractivity contribution in [3.05, 3.63) is 32.4 Å². The fourth-order valence-corrected chi connectivity index (χ4v) is 2.98. The lowest BCUT2D eigenvalue weighted by molar-refractivity contribution is 0.0506. The second-order valence-electron chi connectivity index (χ2n) is 3.58. The lowest BCUT2D eigenvalue weighted by Crippen LogP contribution is -2.14. The Bertz CT molecular complexity index is 564. The van der Waals surface area contributed by atoms with E-state index in [1.807, 2.05) is 19.1 Å². The van der Waals surface area contributed by atoms with Crippen molar-refractivity contribution in [1.29, 1.82) is 0 Å². The van der Waals surface area contributed by atoms with E-state index in [1.165, 1.54) is 0 Å². The minimum Gasteiger partial charge on any atom is -0.460 e. The Morgan fingerprint density at radius 1 is 1.50 bits per heavy atom. The zero-order chi connectivity index (χ0) is 13.1. The van der Waals surface area contributed by atoms with Gasteiger partial charge in [-0.15, -0.1) is 21.5 Å². The zero-order valence-electron chi connectivity index (χ0n) is 10.0. The van der Waals surface area contributed by atoms with E-state index in [-0.39, 0.29) is 5.82 Å². The highest BCUT2D eigenvalue weighted by atomic mass is 79.9. The third-order valence-electron chi connectivity index (χ3n) is 2.34. The average Bonchev–Trinajstić information content (AvgIpc) is 2.88. The molecule has 0 atom stereocenters.